The fourth-order valence-corrected chi connectivity index (χ4v) is 4.03. The lowest BCUT2D eigenvalue weighted by Gasteiger charge is -2.28. The molecule has 0 aromatic heterocycles. The van der Waals surface area contributed by atoms with E-state index in [1.54, 1.807) is 17.0 Å². The van der Waals surface area contributed by atoms with Crippen LogP contribution in [0.25, 0.3) is 0 Å². The van der Waals surface area contributed by atoms with Crippen molar-refractivity contribution in [2.24, 2.45) is 0 Å². The fourth-order valence-electron chi connectivity index (χ4n) is 3.02. The number of nitrogens with one attached hydrogen (secondary N) is 1. The van der Waals surface area contributed by atoms with Gasteiger partial charge in [0.25, 0.3) is 5.91 Å². The van der Waals surface area contributed by atoms with E-state index in [9.17, 15) is 13.2 Å². The summed E-state index contributed by atoms with van der Waals surface area (Å²) in [6.45, 7) is 1.67. The summed E-state index contributed by atoms with van der Waals surface area (Å²) >= 11 is 0. The molecule has 0 fully saturated rings. The quantitative estimate of drug-likeness (QED) is 0.675. The highest BCUT2D eigenvalue weighted by Crippen LogP contribution is 2.19. The lowest BCUT2D eigenvalue weighted by molar-refractivity contribution is -0.134. The predicted octanol–water partition coefficient (Wildman–Crippen LogP) is 1.57. The number of sulfonamides is 1. The van der Waals surface area contributed by atoms with Crippen LogP contribution in [0.5, 0.6) is 5.75 Å². The van der Waals surface area contributed by atoms with Gasteiger partial charge in [-0.3, -0.25) is 4.79 Å². The van der Waals surface area contributed by atoms with Gasteiger partial charge < -0.3 is 14.4 Å². The Balaban J connectivity index is 1.53. The molecule has 2 aromatic rings. The summed E-state index contributed by atoms with van der Waals surface area (Å²) in [5, 5.41) is 0. The molecule has 2 aromatic carbocycles. The number of carbonyl (C=O) groups excluding carboxylic acids is 1. The van der Waals surface area contributed by atoms with Gasteiger partial charge in [0.1, 0.15) is 5.75 Å². The van der Waals surface area contributed by atoms with Crippen molar-refractivity contribution in [3.63, 3.8) is 0 Å². The Kier molecular flexibility index (Phi) is 6.66. The summed E-state index contributed by atoms with van der Waals surface area (Å²) < 4.78 is 37.1. The molecule has 150 valence electrons. The second kappa shape index (κ2) is 9.18. The summed E-state index contributed by atoms with van der Waals surface area (Å²) in [4.78, 5) is 14.4. The van der Waals surface area contributed by atoms with Crippen LogP contribution in [0.15, 0.2) is 53.4 Å². The molecule has 8 heteroatoms. The van der Waals surface area contributed by atoms with Crippen molar-refractivity contribution < 1.29 is 22.7 Å². The van der Waals surface area contributed by atoms with Crippen LogP contribution in [0.3, 0.4) is 0 Å². The third kappa shape index (κ3) is 5.09. The minimum atomic E-state index is -3.59. The van der Waals surface area contributed by atoms with Crippen LogP contribution in [0.2, 0.25) is 0 Å². The lowest BCUT2D eigenvalue weighted by atomic mass is 10.00. The molecule has 1 N–H and O–H groups in total. The molecule has 0 unspecified atom stereocenters. The monoisotopic (exact) mass is 404 g/mol. The molecule has 0 atom stereocenters. The van der Waals surface area contributed by atoms with Crippen LogP contribution < -0.4 is 9.46 Å². The molecular weight excluding hydrogens is 380 g/mol. The van der Waals surface area contributed by atoms with Crippen molar-refractivity contribution in [2.45, 2.75) is 17.9 Å². The SMILES string of the molecule is COCCNS(=O)(=O)c1ccc(OCC(=O)N2CCc3ccccc3C2)cc1. The Morgan fingerprint density at radius 2 is 1.82 bits per heavy atom. The predicted molar refractivity (Wildman–Crippen MR) is 105 cm³/mol. The minimum Gasteiger partial charge on any atom is -0.484 e. The number of carbonyl (C=O) groups is 1. The zero-order valence-corrected chi connectivity index (χ0v) is 16.6. The van der Waals surface area contributed by atoms with Crippen LogP contribution >= 0.6 is 0 Å². The highest BCUT2D eigenvalue weighted by molar-refractivity contribution is 7.89. The largest absolute Gasteiger partial charge is 0.484 e. The van der Waals surface area contributed by atoms with E-state index < -0.39 is 10.0 Å². The second-order valence-corrected chi connectivity index (χ2v) is 8.25. The van der Waals surface area contributed by atoms with E-state index >= 15 is 0 Å². The molecule has 0 aliphatic carbocycles. The van der Waals surface area contributed by atoms with Crippen molar-refractivity contribution in [3.8, 4) is 5.75 Å². The van der Waals surface area contributed by atoms with Gasteiger partial charge in [-0.05, 0) is 41.8 Å². The van der Waals surface area contributed by atoms with E-state index in [1.807, 2.05) is 18.2 Å². The maximum Gasteiger partial charge on any atom is 0.260 e. The Labute approximate surface area is 165 Å². The number of rotatable bonds is 8. The Bertz CT molecular complexity index is 912. The van der Waals surface area contributed by atoms with Gasteiger partial charge in [0.05, 0.1) is 11.5 Å². The van der Waals surface area contributed by atoms with Crippen LogP contribution in [0.4, 0.5) is 0 Å². The van der Waals surface area contributed by atoms with E-state index in [0.29, 0.717) is 25.4 Å². The van der Waals surface area contributed by atoms with Crippen LogP contribution in [-0.4, -0.2) is 52.6 Å². The maximum absolute atomic E-state index is 12.4. The molecule has 1 aliphatic heterocycles. The van der Waals surface area contributed by atoms with E-state index in [1.165, 1.54) is 24.8 Å². The van der Waals surface area contributed by atoms with Crippen molar-refractivity contribution in [1.82, 2.24) is 9.62 Å². The van der Waals surface area contributed by atoms with Gasteiger partial charge in [-0.2, -0.15) is 0 Å². The molecule has 3 rings (SSSR count). The average Bonchev–Trinajstić information content (AvgIpc) is 2.72. The summed E-state index contributed by atoms with van der Waals surface area (Å²) in [5.41, 5.74) is 2.45. The summed E-state index contributed by atoms with van der Waals surface area (Å²) in [5.74, 6) is 0.356. The number of fused-ring (bicyclic) bond motifs is 1. The van der Waals surface area contributed by atoms with E-state index in [4.69, 9.17) is 9.47 Å². The number of methoxy groups -OCH3 is 1. The van der Waals surface area contributed by atoms with Gasteiger partial charge in [-0.25, -0.2) is 13.1 Å². The molecule has 0 spiro atoms. The number of benzene rings is 2. The first-order chi connectivity index (χ1) is 13.5. The van der Waals surface area contributed by atoms with E-state index in [2.05, 4.69) is 10.8 Å². The summed E-state index contributed by atoms with van der Waals surface area (Å²) in [7, 11) is -2.08. The molecule has 1 aliphatic rings. The van der Waals surface area contributed by atoms with Crippen molar-refractivity contribution in [3.05, 3.63) is 59.7 Å². The highest BCUT2D eigenvalue weighted by Gasteiger charge is 2.20. The fraction of sp³-hybridized carbons (Fsp3) is 0.350. The first kappa shape index (κ1) is 20.3. The first-order valence-electron chi connectivity index (χ1n) is 9.05. The van der Waals surface area contributed by atoms with Crippen molar-refractivity contribution in [2.75, 3.05) is 33.4 Å². The van der Waals surface area contributed by atoms with Crippen LogP contribution in [0, 0.1) is 0 Å². The van der Waals surface area contributed by atoms with E-state index in [-0.39, 0.29) is 24.0 Å². The molecule has 0 radical (unpaired) electrons. The zero-order chi connectivity index (χ0) is 20.0. The highest BCUT2D eigenvalue weighted by atomic mass is 32.2. The molecule has 0 saturated heterocycles. The van der Waals surface area contributed by atoms with Gasteiger partial charge in [-0.1, -0.05) is 24.3 Å². The molecule has 1 heterocycles. The van der Waals surface area contributed by atoms with E-state index in [0.717, 1.165) is 12.0 Å². The lowest BCUT2D eigenvalue weighted by Crippen LogP contribution is -2.38. The van der Waals surface area contributed by atoms with Gasteiger partial charge in [0.2, 0.25) is 10.0 Å². The van der Waals surface area contributed by atoms with Crippen molar-refractivity contribution >= 4 is 15.9 Å². The molecule has 28 heavy (non-hydrogen) atoms. The standard InChI is InChI=1S/C20H24N2O5S/c1-26-13-11-21-28(24,25)19-8-6-18(7-9-19)27-15-20(23)22-12-10-16-4-2-3-5-17(16)14-22/h2-9,21H,10-15H2,1H3. The number of ether oxygens (including phenoxy) is 2. The third-order valence-electron chi connectivity index (χ3n) is 4.58. The molecule has 7 nitrogen and oxygen atoms in total. The first-order valence-corrected chi connectivity index (χ1v) is 10.5. The van der Waals surface area contributed by atoms with Gasteiger partial charge >= 0.3 is 0 Å². The number of hydrogen-bond acceptors (Lipinski definition) is 5. The average molecular weight is 404 g/mol. The summed E-state index contributed by atoms with van der Waals surface area (Å²) in [6.07, 6.45) is 0.838. The topological polar surface area (TPSA) is 84.9 Å². The smallest absolute Gasteiger partial charge is 0.260 e. The molecule has 0 bridgehead atoms. The van der Waals surface area contributed by atoms with Crippen molar-refractivity contribution in [1.29, 1.82) is 0 Å². The Morgan fingerprint density at radius 1 is 1.11 bits per heavy atom. The third-order valence-corrected chi connectivity index (χ3v) is 6.05. The molecule has 0 saturated carbocycles. The van der Waals surface area contributed by atoms with Crippen LogP contribution in [0.1, 0.15) is 11.1 Å². The Hall–Kier alpha value is -2.42. The van der Waals surface area contributed by atoms with Gasteiger partial charge in [0, 0.05) is 26.7 Å². The number of nitrogens with zero attached hydrogens (tertiary/aromatic N) is 1. The normalized spacial score (nSPS) is 13.8. The van der Waals surface area contributed by atoms with Crippen LogP contribution in [-0.2, 0) is 32.5 Å². The molecule has 1 amide bonds. The molecular formula is C20H24N2O5S. The maximum atomic E-state index is 12.4. The number of hydrogen-bond donors (Lipinski definition) is 1. The number of amides is 1. The minimum absolute atomic E-state index is 0.0830. The summed E-state index contributed by atoms with van der Waals surface area (Å²) in [6, 6.07) is 14.1. The van der Waals surface area contributed by atoms with Gasteiger partial charge in [0.15, 0.2) is 6.61 Å². The second-order valence-electron chi connectivity index (χ2n) is 6.48. The van der Waals surface area contributed by atoms with Gasteiger partial charge in [-0.15, -0.1) is 0 Å². The Morgan fingerprint density at radius 3 is 2.54 bits per heavy atom. The zero-order valence-electron chi connectivity index (χ0n) is 15.8.